The molecule has 3 atom stereocenters. The smallest absolute Gasteiger partial charge is 0.242 e. The van der Waals surface area contributed by atoms with Gasteiger partial charge in [-0.2, -0.15) is 0 Å². The molecule has 0 heterocycles. The van der Waals surface area contributed by atoms with Crippen LogP contribution in [0.25, 0.3) is 0 Å². The Hall–Kier alpha value is -2.07. The van der Waals surface area contributed by atoms with Gasteiger partial charge in [0.15, 0.2) is 0 Å². The first-order chi connectivity index (χ1) is 15.7. The van der Waals surface area contributed by atoms with Gasteiger partial charge in [0.25, 0.3) is 0 Å². The van der Waals surface area contributed by atoms with E-state index < -0.39 is 29.8 Å². The number of hydrogen-bond donors (Lipinski definition) is 4. The Morgan fingerprint density at radius 1 is 1.09 bits per heavy atom. The predicted octanol–water partition coefficient (Wildman–Crippen LogP) is 3.33. The molecule has 0 saturated heterocycles. The van der Waals surface area contributed by atoms with Gasteiger partial charge in [-0.15, -0.1) is 11.8 Å². The van der Waals surface area contributed by atoms with Gasteiger partial charge in [-0.05, 0) is 54.8 Å². The molecular weight excluding hydrogens is 464 g/mol. The Morgan fingerprint density at radius 2 is 1.76 bits per heavy atom. The summed E-state index contributed by atoms with van der Waals surface area (Å²) in [5, 5.41) is 19.7. The van der Waals surface area contributed by atoms with Crippen LogP contribution in [0.2, 0.25) is 0 Å². The van der Waals surface area contributed by atoms with Crippen LogP contribution in [-0.2, 0) is 24.2 Å². The summed E-state index contributed by atoms with van der Waals surface area (Å²) < 4.78 is 27.8. The average molecular weight is 496 g/mol. The molecule has 4 N–H and O–H groups in total. The zero-order valence-corrected chi connectivity index (χ0v) is 20.7. The first-order valence-electron chi connectivity index (χ1n) is 10.8. The highest BCUT2D eigenvalue weighted by atomic mass is 32.2. The van der Waals surface area contributed by atoms with E-state index in [2.05, 4.69) is 35.0 Å². The van der Waals surface area contributed by atoms with Crippen LogP contribution in [0.15, 0.2) is 42.5 Å². The maximum absolute atomic E-state index is 13.7. The van der Waals surface area contributed by atoms with Crippen LogP contribution in [0, 0.1) is 11.6 Å². The summed E-state index contributed by atoms with van der Waals surface area (Å²) in [5.74, 6) is -1.79. The molecule has 0 saturated carbocycles. The van der Waals surface area contributed by atoms with Gasteiger partial charge in [-0.1, -0.05) is 43.4 Å². The minimum absolute atomic E-state index is 0.0638. The van der Waals surface area contributed by atoms with Crippen molar-refractivity contribution in [2.45, 2.75) is 51.4 Å². The normalized spacial score (nSPS) is 13.8. The van der Waals surface area contributed by atoms with Crippen LogP contribution in [0.3, 0.4) is 0 Å². The second-order valence-electron chi connectivity index (χ2n) is 7.83. The summed E-state index contributed by atoms with van der Waals surface area (Å²) in [6.45, 7) is 4.47. The monoisotopic (exact) mass is 495 g/mol. The molecule has 5 nitrogen and oxygen atoms in total. The Labute approximate surface area is 203 Å². The van der Waals surface area contributed by atoms with E-state index in [0.29, 0.717) is 16.4 Å². The molecule has 180 valence electrons. The fraction of sp³-hybridized carbons (Fsp3) is 0.417. The summed E-state index contributed by atoms with van der Waals surface area (Å²) in [6.07, 6.45) is 1.80. The van der Waals surface area contributed by atoms with E-state index >= 15 is 0 Å². The molecule has 1 amide bonds. The van der Waals surface area contributed by atoms with E-state index in [4.69, 9.17) is 12.2 Å². The summed E-state index contributed by atoms with van der Waals surface area (Å²) in [6, 6.07) is 9.92. The molecule has 2 rings (SSSR count). The van der Waals surface area contributed by atoms with Crippen molar-refractivity contribution in [2.24, 2.45) is 0 Å². The third kappa shape index (κ3) is 9.37. The number of nitrogens with one attached hydrogen (secondary N) is 3. The largest absolute Gasteiger partial charge is 0.390 e. The van der Waals surface area contributed by atoms with E-state index in [1.807, 2.05) is 12.1 Å². The predicted molar refractivity (Wildman–Crippen MR) is 134 cm³/mol. The molecule has 2 aromatic carbocycles. The van der Waals surface area contributed by atoms with Crippen molar-refractivity contribution < 1.29 is 18.7 Å². The van der Waals surface area contributed by atoms with Crippen LogP contribution in [0.5, 0.6) is 0 Å². The molecule has 0 spiro atoms. The molecule has 0 fully saturated rings. The van der Waals surface area contributed by atoms with Crippen molar-refractivity contribution in [1.29, 1.82) is 0 Å². The number of hydrogen-bond acceptors (Lipinski definition) is 5. The molecule has 0 aliphatic heterocycles. The highest BCUT2D eigenvalue weighted by Gasteiger charge is 2.25. The number of aryl methyl sites for hydroxylation is 1. The molecule has 0 aliphatic carbocycles. The lowest BCUT2D eigenvalue weighted by atomic mass is 10.00. The van der Waals surface area contributed by atoms with Crippen molar-refractivity contribution in [1.82, 2.24) is 16.0 Å². The van der Waals surface area contributed by atoms with Gasteiger partial charge in [-0.25, -0.2) is 8.78 Å². The molecule has 0 radical (unpaired) electrons. The van der Waals surface area contributed by atoms with Gasteiger partial charge < -0.3 is 21.1 Å². The maximum atomic E-state index is 13.7. The number of carbonyl (C=O) groups is 1. The number of rotatable bonds is 11. The Bertz CT molecular complexity index is 925. The number of benzene rings is 2. The summed E-state index contributed by atoms with van der Waals surface area (Å²) in [5.41, 5.74) is 2.64. The van der Waals surface area contributed by atoms with Gasteiger partial charge >= 0.3 is 0 Å². The molecule has 33 heavy (non-hydrogen) atoms. The van der Waals surface area contributed by atoms with Crippen molar-refractivity contribution in [3.8, 4) is 0 Å². The Balaban J connectivity index is 2.07. The highest BCUT2D eigenvalue weighted by Crippen LogP contribution is 2.13. The van der Waals surface area contributed by atoms with E-state index in [0.717, 1.165) is 18.1 Å². The van der Waals surface area contributed by atoms with Crippen LogP contribution < -0.4 is 16.0 Å². The minimum Gasteiger partial charge on any atom is -0.390 e. The van der Waals surface area contributed by atoms with E-state index in [9.17, 15) is 18.7 Å². The lowest BCUT2D eigenvalue weighted by Crippen LogP contribution is -2.53. The van der Waals surface area contributed by atoms with Gasteiger partial charge in [0.1, 0.15) is 22.0 Å². The van der Waals surface area contributed by atoms with Crippen molar-refractivity contribution >= 4 is 34.2 Å². The number of thiocarbonyl (C=S) groups is 1. The molecule has 0 bridgehead atoms. The zero-order valence-electron chi connectivity index (χ0n) is 19.0. The van der Waals surface area contributed by atoms with Crippen molar-refractivity contribution in [3.63, 3.8) is 0 Å². The molecule has 0 aromatic heterocycles. The number of amides is 1. The number of thioether (sulfide) groups is 1. The first kappa shape index (κ1) is 27.2. The number of carbonyl (C=O) groups excluding carboxylic acids is 1. The van der Waals surface area contributed by atoms with Crippen molar-refractivity contribution in [2.75, 3.05) is 12.8 Å². The third-order valence-electron chi connectivity index (χ3n) is 5.17. The quantitative estimate of drug-likeness (QED) is 0.359. The fourth-order valence-electron chi connectivity index (χ4n) is 3.34. The van der Waals surface area contributed by atoms with Crippen LogP contribution >= 0.6 is 24.0 Å². The lowest BCUT2D eigenvalue weighted by Gasteiger charge is -2.27. The minimum atomic E-state index is -0.991. The van der Waals surface area contributed by atoms with Gasteiger partial charge in [0.2, 0.25) is 5.91 Å². The van der Waals surface area contributed by atoms with Crippen LogP contribution in [-0.4, -0.2) is 46.3 Å². The number of halogens is 2. The molecule has 0 unspecified atom stereocenters. The standard InChI is InChI=1S/C24H31F2N3O2S2/c1-4-16-6-5-7-17(8-16)13-27-14-22(30)21(11-18-9-19(25)12-20(26)10-18)29-23(31)15(2)28-24(32)33-3/h5-10,12,15,21-22,27,30H,4,11,13-14H2,1-3H3,(H,28,32)(H,29,31)/t15-,21+,22-/m1/s1. The first-order valence-corrected chi connectivity index (χ1v) is 12.4. The summed E-state index contributed by atoms with van der Waals surface area (Å²) in [7, 11) is 0. The maximum Gasteiger partial charge on any atom is 0.242 e. The van der Waals surface area contributed by atoms with Crippen LogP contribution in [0.1, 0.15) is 30.5 Å². The van der Waals surface area contributed by atoms with Gasteiger partial charge in [0, 0.05) is 19.2 Å². The van der Waals surface area contributed by atoms with Gasteiger partial charge in [-0.3, -0.25) is 4.79 Å². The summed E-state index contributed by atoms with van der Waals surface area (Å²) >= 11 is 6.41. The topological polar surface area (TPSA) is 73.4 Å². The second-order valence-corrected chi connectivity index (χ2v) is 9.31. The summed E-state index contributed by atoms with van der Waals surface area (Å²) in [4.78, 5) is 12.7. The molecule has 2 aromatic rings. The second kappa shape index (κ2) is 13.6. The Morgan fingerprint density at radius 3 is 2.39 bits per heavy atom. The third-order valence-corrected chi connectivity index (χ3v) is 6.27. The van der Waals surface area contributed by atoms with Crippen LogP contribution in [0.4, 0.5) is 8.78 Å². The van der Waals surface area contributed by atoms with E-state index in [-0.39, 0.29) is 18.9 Å². The molecule has 0 aliphatic rings. The highest BCUT2D eigenvalue weighted by molar-refractivity contribution is 8.22. The Kier molecular flexibility index (Phi) is 11.2. The SMILES string of the molecule is CCc1cccc(CNC[C@@H](O)[C@H](Cc2cc(F)cc(F)c2)NC(=O)[C@@H](C)NC(=S)SC)c1. The van der Waals surface area contributed by atoms with E-state index in [1.165, 1.54) is 29.5 Å². The fourth-order valence-corrected chi connectivity index (χ4v) is 3.81. The number of aliphatic hydroxyl groups excluding tert-OH is 1. The van der Waals surface area contributed by atoms with Crippen molar-refractivity contribution in [3.05, 3.63) is 70.8 Å². The lowest BCUT2D eigenvalue weighted by molar-refractivity contribution is -0.123. The molecular formula is C24H31F2N3O2S2. The molecule has 9 heteroatoms. The van der Waals surface area contributed by atoms with E-state index in [1.54, 1.807) is 13.2 Å². The average Bonchev–Trinajstić information content (AvgIpc) is 2.77. The zero-order chi connectivity index (χ0) is 24.4. The van der Waals surface area contributed by atoms with Gasteiger partial charge in [0.05, 0.1) is 12.1 Å². The number of aliphatic hydroxyl groups is 1.